The lowest BCUT2D eigenvalue weighted by molar-refractivity contribution is 0.187. The van der Waals surface area contributed by atoms with Crippen LogP contribution in [0.2, 0.25) is 0 Å². The second-order valence-electron chi connectivity index (χ2n) is 5.51. The summed E-state index contributed by atoms with van der Waals surface area (Å²) in [5, 5.41) is 0. The summed E-state index contributed by atoms with van der Waals surface area (Å²) in [5.41, 5.74) is 3.69. The molecule has 0 aliphatic carbocycles. The zero-order valence-corrected chi connectivity index (χ0v) is 12.5. The van der Waals surface area contributed by atoms with E-state index in [0.29, 0.717) is 6.04 Å². The fraction of sp³-hybridized carbons (Fsp3) is 0.533. The van der Waals surface area contributed by atoms with Gasteiger partial charge in [0.25, 0.3) is 0 Å². The fourth-order valence-electron chi connectivity index (χ4n) is 3.14. The van der Waals surface area contributed by atoms with Gasteiger partial charge in [-0.1, -0.05) is 13.0 Å². The molecule has 0 bridgehead atoms. The van der Waals surface area contributed by atoms with Gasteiger partial charge < -0.3 is 14.5 Å². The van der Waals surface area contributed by atoms with Gasteiger partial charge in [-0.2, -0.15) is 0 Å². The predicted octanol–water partition coefficient (Wildman–Crippen LogP) is 3.66. The van der Waals surface area contributed by atoms with Gasteiger partial charge in [0, 0.05) is 12.6 Å². The topological polar surface area (TPSA) is 24.0 Å². The van der Waals surface area contributed by atoms with Crippen LogP contribution in [0.3, 0.4) is 0 Å². The van der Waals surface area contributed by atoms with Crippen LogP contribution in [-0.4, -0.2) is 34.1 Å². The third-order valence-corrected chi connectivity index (χ3v) is 4.46. The third-order valence-electron chi connectivity index (χ3n) is 4.16. The maximum Gasteiger partial charge on any atom is 0.178 e. The summed E-state index contributed by atoms with van der Waals surface area (Å²) in [7, 11) is 0. The molecule has 1 atom stereocenters. The molecule has 0 saturated carbocycles. The number of aromatic nitrogens is 2. The van der Waals surface area contributed by atoms with E-state index in [1.165, 1.54) is 36.0 Å². The van der Waals surface area contributed by atoms with E-state index in [-0.39, 0.29) is 0 Å². The number of aryl methyl sites for hydroxylation is 1. The van der Waals surface area contributed by atoms with Crippen molar-refractivity contribution in [1.82, 2.24) is 14.5 Å². The second-order valence-corrected chi connectivity index (χ2v) is 5.90. The molecule has 1 N–H and O–H groups in total. The Bertz CT molecular complexity index is 640. The quantitative estimate of drug-likeness (QED) is 0.846. The second kappa shape index (κ2) is 5.10. The van der Waals surface area contributed by atoms with E-state index < -0.39 is 0 Å². The highest BCUT2D eigenvalue weighted by Crippen LogP contribution is 2.26. The van der Waals surface area contributed by atoms with Gasteiger partial charge in [0.1, 0.15) is 0 Å². The van der Waals surface area contributed by atoms with Gasteiger partial charge in [-0.25, -0.2) is 0 Å². The van der Waals surface area contributed by atoms with Gasteiger partial charge in [-0.05, 0) is 62.8 Å². The Balaban J connectivity index is 2.04. The number of hydrogen-bond acceptors (Lipinski definition) is 2. The number of likely N-dealkylation sites (N-methyl/N-ethyl adjacent to an activating group) is 1. The number of H-pyrrole nitrogens is 1. The van der Waals surface area contributed by atoms with Gasteiger partial charge >= 0.3 is 0 Å². The van der Waals surface area contributed by atoms with Gasteiger partial charge in [0.2, 0.25) is 0 Å². The molecule has 102 valence electrons. The van der Waals surface area contributed by atoms with Crippen LogP contribution in [0.15, 0.2) is 18.2 Å². The molecule has 1 aromatic carbocycles. The Labute approximate surface area is 119 Å². The van der Waals surface area contributed by atoms with E-state index >= 15 is 0 Å². The highest BCUT2D eigenvalue weighted by atomic mass is 32.1. The first-order valence-electron chi connectivity index (χ1n) is 7.12. The lowest BCUT2D eigenvalue weighted by Crippen LogP contribution is -2.36. The summed E-state index contributed by atoms with van der Waals surface area (Å²) in [5.74, 6) is 0. The van der Waals surface area contributed by atoms with Crippen LogP contribution >= 0.6 is 12.2 Å². The van der Waals surface area contributed by atoms with Gasteiger partial charge in [-0.15, -0.1) is 0 Å². The highest BCUT2D eigenvalue weighted by molar-refractivity contribution is 7.71. The number of hydrogen-bond donors (Lipinski definition) is 1. The van der Waals surface area contributed by atoms with Crippen molar-refractivity contribution in [2.75, 3.05) is 19.6 Å². The van der Waals surface area contributed by atoms with Crippen molar-refractivity contribution in [3.05, 3.63) is 28.5 Å². The van der Waals surface area contributed by atoms with Gasteiger partial charge in [0.15, 0.2) is 4.77 Å². The molecule has 19 heavy (non-hydrogen) atoms. The molecule has 1 aliphatic heterocycles. The first-order valence-corrected chi connectivity index (χ1v) is 7.53. The normalized spacial score (nSPS) is 21.1. The monoisotopic (exact) mass is 275 g/mol. The maximum absolute atomic E-state index is 5.54. The van der Waals surface area contributed by atoms with Crippen LogP contribution in [0.1, 0.15) is 31.4 Å². The predicted molar refractivity (Wildman–Crippen MR) is 82.2 cm³/mol. The Hall–Kier alpha value is -1.13. The van der Waals surface area contributed by atoms with E-state index in [4.69, 9.17) is 12.2 Å². The molecule has 0 amide bonds. The molecule has 3 nitrogen and oxygen atoms in total. The summed E-state index contributed by atoms with van der Waals surface area (Å²) in [6.07, 6.45) is 2.49. The van der Waals surface area contributed by atoms with E-state index in [2.05, 4.69) is 46.5 Å². The third kappa shape index (κ3) is 2.35. The molecule has 0 radical (unpaired) electrons. The van der Waals surface area contributed by atoms with Crippen LogP contribution in [0.25, 0.3) is 11.0 Å². The van der Waals surface area contributed by atoms with Crippen LogP contribution in [0.4, 0.5) is 0 Å². The zero-order chi connectivity index (χ0) is 13.4. The number of likely N-dealkylation sites (tertiary alicyclic amines) is 1. The van der Waals surface area contributed by atoms with E-state index in [0.717, 1.165) is 17.9 Å². The van der Waals surface area contributed by atoms with Crippen molar-refractivity contribution >= 4 is 23.3 Å². The summed E-state index contributed by atoms with van der Waals surface area (Å²) in [6.45, 7) is 7.83. The van der Waals surface area contributed by atoms with Gasteiger partial charge in [0.05, 0.1) is 11.0 Å². The summed E-state index contributed by atoms with van der Waals surface area (Å²) < 4.78 is 3.19. The lowest BCUT2D eigenvalue weighted by atomic mass is 10.1. The van der Waals surface area contributed by atoms with Crippen LogP contribution in [-0.2, 0) is 0 Å². The minimum Gasteiger partial charge on any atom is -0.331 e. The van der Waals surface area contributed by atoms with Crippen molar-refractivity contribution in [2.45, 2.75) is 32.7 Å². The average Bonchev–Trinajstić information content (AvgIpc) is 2.73. The zero-order valence-electron chi connectivity index (χ0n) is 11.6. The molecular formula is C15H21N3S. The average molecular weight is 275 g/mol. The number of nitrogens with one attached hydrogen (secondary N) is 1. The Kier molecular flexibility index (Phi) is 3.46. The molecule has 2 aromatic rings. The highest BCUT2D eigenvalue weighted by Gasteiger charge is 2.22. The molecule has 4 heteroatoms. The molecule has 2 heterocycles. The van der Waals surface area contributed by atoms with Crippen molar-refractivity contribution in [3.8, 4) is 0 Å². The SMILES string of the molecule is CCN1CCCC(n2c(=S)[nH]c3cc(C)ccc32)C1. The standard InChI is InChI=1S/C15H21N3S/c1-3-17-8-4-5-12(10-17)18-14-7-6-11(2)9-13(14)16-15(18)19/h6-7,9,12H,3-5,8,10H2,1-2H3,(H,16,19). The first-order chi connectivity index (χ1) is 9.19. The molecule has 1 aromatic heterocycles. The summed E-state index contributed by atoms with van der Waals surface area (Å²) in [6, 6.07) is 7.06. The number of benzene rings is 1. The number of imidazole rings is 1. The molecule has 3 rings (SSSR count). The Morgan fingerprint density at radius 3 is 3.05 bits per heavy atom. The van der Waals surface area contributed by atoms with Crippen LogP contribution in [0.5, 0.6) is 0 Å². The smallest absolute Gasteiger partial charge is 0.178 e. The minimum absolute atomic E-state index is 0.512. The molecule has 1 unspecified atom stereocenters. The van der Waals surface area contributed by atoms with E-state index in [1.54, 1.807) is 0 Å². The number of rotatable bonds is 2. The summed E-state index contributed by atoms with van der Waals surface area (Å²) in [4.78, 5) is 5.87. The maximum atomic E-state index is 5.54. The number of nitrogens with zero attached hydrogens (tertiary/aromatic N) is 2. The van der Waals surface area contributed by atoms with Crippen LogP contribution < -0.4 is 0 Å². The Morgan fingerprint density at radius 1 is 1.42 bits per heavy atom. The minimum atomic E-state index is 0.512. The lowest BCUT2D eigenvalue weighted by Gasteiger charge is -2.32. The molecule has 1 fully saturated rings. The van der Waals surface area contributed by atoms with Crippen molar-refractivity contribution in [3.63, 3.8) is 0 Å². The van der Waals surface area contributed by atoms with E-state index in [9.17, 15) is 0 Å². The molecule has 1 saturated heterocycles. The molecular weight excluding hydrogens is 254 g/mol. The first kappa shape index (κ1) is 12.9. The number of piperidine rings is 1. The summed E-state index contributed by atoms with van der Waals surface area (Å²) >= 11 is 5.54. The number of aromatic amines is 1. The van der Waals surface area contributed by atoms with Crippen molar-refractivity contribution < 1.29 is 0 Å². The van der Waals surface area contributed by atoms with Gasteiger partial charge in [-0.3, -0.25) is 0 Å². The van der Waals surface area contributed by atoms with Crippen molar-refractivity contribution in [1.29, 1.82) is 0 Å². The molecule has 0 spiro atoms. The number of fused-ring (bicyclic) bond motifs is 1. The van der Waals surface area contributed by atoms with E-state index in [1.807, 2.05) is 0 Å². The largest absolute Gasteiger partial charge is 0.331 e. The molecule has 1 aliphatic rings. The van der Waals surface area contributed by atoms with Crippen molar-refractivity contribution in [2.24, 2.45) is 0 Å². The fourth-order valence-corrected chi connectivity index (χ4v) is 3.49. The van der Waals surface area contributed by atoms with Crippen LogP contribution in [0, 0.1) is 11.7 Å². The Morgan fingerprint density at radius 2 is 2.26 bits per heavy atom.